The van der Waals surface area contributed by atoms with Gasteiger partial charge < -0.3 is 5.32 Å². The molecule has 0 aliphatic heterocycles. The molecule has 0 atom stereocenters. The molecule has 0 spiro atoms. The van der Waals surface area contributed by atoms with E-state index in [4.69, 9.17) is 0 Å². The van der Waals surface area contributed by atoms with Gasteiger partial charge in [0.1, 0.15) is 17.3 Å². The number of anilines is 1. The largest absolute Gasteiger partial charge is 0.368 e. The minimum Gasteiger partial charge on any atom is -0.368 e. The second-order valence-electron chi connectivity index (χ2n) is 6.70. The first-order chi connectivity index (χ1) is 12.6. The predicted molar refractivity (Wildman–Crippen MR) is 95.4 cm³/mol. The van der Waals surface area contributed by atoms with Crippen LogP contribution in [0, 0.1) is 12.7 Å². The third-order valence-electron chi connectivity index (χ3n) is 5.12. The van der Waals surface area contributed by atoms with Crippen molar-refractivity contribution in [2.45, 2.75) is 31.6 Å². The van der Waals surface area contributed by atoms with Crippen molar-refractivity contribution in [3.05, 3.63) is 57.9 Å². The number of pyridine rings is 1. The van der Waals surface area contributed by atoms with Crippen LogP contribution in [0.1, 0.15) is 30.5 Å². The van der Waals surface area contributed by atoms with E-state index < -0.39 is 0 Å². The van der Waals surface area contributed by atoms with Crippen LogP contribution in [0.2, 0.25) is 0 Å². The summed E-state index contributed by atoms with van der Waals surface area (Å²) < 4.78 is 14.2. The van der Waals surface area contributed by atoms with Gasteiger partial charge in [0.15, 0.2) is 0 Å². The van der Waals surface area contributed by atoms with Crippen molar-refractivity contribution in [1.29, 1.82) is 0 Å². The summed E-state index contributed by atoms with van der Waals surface area (Å²) >= 11 is 0. The van der Waals surface area contributed by atoms with Gasteiger partial charge in [0.05, 0.1) is 11.4 Å². The summed E-state index contributed by atoms with van der Waals surface area (Å²) in [7, 11) is 0. The quantitative estimate of drug-likeness (QED) is 0.654. The molecule has 3 aromatic heterocycles. The second kappa shape index (κ2) is 6.36. The van der Waals surface area contributed by atoms with E-state index in [2.05, 4.69) is 30.7 Å². The van der Waals surface area contributed by atoms with Gasteiger partial charge in [0.2, 0.25) is 0 Å². The maximum absolute atomic E-state index is 14.2. The molecule has 0 bridgehead atoms. The molecule has 0 saturated heterocycles. The zero-order chi connectivity index (χ0) is 18.1. The maximum atomic E-state index is 14.2. The van der Waals surface area contributed by atoms with Crippen molar-refractivity contribution in [1.82, 2.24) is 25.4 Å². The highest BCUT2D eigenvalue weighted by Gasteiger charge is 2.41. The molecule has 134 valence electrons. The molecule has 26 heavy (non-hydrogen) atoms. The molecule has 8 heteroatoms. The summed E-state index contributed by atoms with van der Waals surface area (Å²) in [6.45, 7) is 2.27. The van der Waals surface area contributed by atoms with Gasteiger partial charge >= 0.3 is 0 Å². The smallest absolute Gasteiger partial charge is 0.267 e. The number of hydrogen-bond acceptors (Lipinski definition) is 5. The number of rotatable bonds is 5. The average molecular weight is 354 g/mol. The molecule has 1 aliphatic rings. The van der Waals surface area contributed by atoms with Gasteiger partial charge in [-0.2, -0.15) is 0 Å². The van der Waals surface area contributed by atoms with Crippen LogP contribution in [0.5, 0.6) is 0 Å². The van der Waals surface area contributed by atoms with Crippen LogP contribution in [0.25, 0.3) is 11.4 Å². The van der Waals surface area contributed by atoms with Crippen molar-refractivity contribution in [2.75, 3.05) is 11.9 Å². The Balaban J connectivity index is 1.50. The van der Waals surface area contributed by atoms with E-state index in [1.165, 1.54) is 6.07 Å². The molecule has 0 radical (unpaired) electrons. The Morgan fingerprint density at radius 1 is 1.23 bits per heavy atom. The van der Waals surface area contributed by atoms with E-state index in [1.54, 1.807) is 31.3 Å². The van der Waals surface area contributed by atoms with Crippen molar-refractivity contribution in [3.63, 3.8) is 0 Å². The monoisotopic (exact) mass is 354 g/mol. The van der Waals surface area contributed by atoms with Crippen LogP contribution in [0.15, 0.2) is 35.3 Å². The van der Waals surface area contributed by atoms with Gasteiger partial charge in [0, 0.05) is 23.7 Å². The summed E-state index contributed by atoms with van der Waals surface area (Å²) in [5.41, 5.74) is 1.82. The fourth-order valence-electron chi connectivity index (χ4n) is 3.37. The molecule has 1 aliphatic carbocycles. The number of hydrogen-bond donors (Lipinski definition) is 3. The van der Waals surface area contributed by atoms with Crippen LogP contribution < -0.4 is 10.9 Å². The molecule has 1 saturated carbocycles. The van der Waals surface area contributed by atoms with Crippen LogP contribution in [-0.4, -0.2) is 31.9 Å². The highest BCUT2D eigenvalue weighted by molar-refractivity contribution is 5.58. The molecule has 0 aromatic carbocycles. The fourth-order valence-corrected chi connectivity index (χ4v) is 3.37. The van der Waals surface area contributed by atoms with Crippen LogP contribution >= 0.6 is 0 Å². The highest BCUT2D eigenvalue weighted by atomic mass is 19.1. The van der Waals surface area contributed by atoms with E-state index in [0.29, 0.717) is 35.0 Å². The lowest BCUT2D eigenvalue weighted by atomic mass is 9.66. The molecule has 0 amide bonds. The SMILES string of the molecule is Cc1c(-c2ccc(NCC3(c4ncccc4F)CCC3)nn2)[nH][nH]c1=O. The normalized spacial score (nSPS) is 15.5. The Bertz CT molecular complexity index is 974. The molecule has 0 unspecified atom stereocenters. The van der Waals surface area contributed by atoms with E-state index >= 15 is 0 Å². The summed E-state index contributed by atoms with van der Waals surface area (Å²) in [5, 5.41) is 16.9. The van der Waals surface area contributed by atoms with Crippen LogP contribution in [-0.2, 0) is 5.41 Å². The Hall–Kier alpha value is -3.03. The number of aromatic amines is 2. The maximum Gasteiger partial charge on any atom is 0.267 e. The zero-order valence-electron chi connectivity index (χ0n) is 14.3. The number of nitrogens with one attached hydrogen (secondary N) is 3. The number of halogens is 1. The van der Waals surface area contributed by atoms with E-state index in [0.717, 1.165) is 19.3 Å². The molecule has 3 N–H and O–H groups in total. The standard InChI is InChI=1S/C18H19FN6O/c1-11-15(24-25-17(11)26)13-5-6-14(23-22-13)21-10-18(7-3-8-18)16-12(19)4-2-9-20-16/h2,4-6,9H,3,7-8,10H2,1H3,(H,21,23)(H2,24,25,26). The molecule has 1 fully saturated rings. The first kappa shape index (κ1) is 16.4. The summed E-state index contributed by atoms with van der Waals surface area (Å²) in [6, 6.07) is 6.65. The van der Waals surface area contributed by atoms with Crippen molar-refractivity contribution < 1.29 is 4.39 Å². The second-order valence-corrected chi connectivity index (χ2v) is 6.70. The first-order valence-corrected chi connectivity index (χ1v) is 8.55. The van der Waals surface area contributed by atoms with E-state index in [1.807, 2.05) is 0 Å². The molecule has 3 heterocycles. The fraction of sp³-hybridized carbons (Fsp3) is 0.333. The summed E-state index contributed by atoms with van der Waals surface area (Å²) in [6.07, 6.45) is 4.47. The Labute approximate surface area is 149 Å². The van der Waals surface area contributed by atoms with Gasteiger partial charge in [0.25, 0.3) is 5.56 Å². The van der Waals surface area contributed by atoms with Crippen molar-refractivity contribution >= 4 is 5.82 Å². The zero-order valence-corrected chi connectivity index (χ0v) is 14.3. The van der Waals surface area contributed by atoms with Crippen LogP contribution in [0.4, 0.5) is 10.2 Å². The number of aromatic nitrogens is 5. The molecule has 7 nitrogen and oxygen atoms in total. The van der Waals surface area contributed by atoms with Gasteiger partial charge in [-0.25, -0.2) is 4.39 Å². The van der Waals surface area contributed by atoms with Crippen molar-refractivity contribution in [2.24, 2.45) is 0 Å². The summed E-state index contributed by atoms with van der Waals surface area (Å²) in [4.78, 5) is 15.8. The minimum absolute atomic E-state index is 0.173. The van der Waals surface area contributed by atoms with Gasteiger partial charge in [-0.3, -0.25) is 20.0 Å². The molecule has 4 rings (SSSR count). The molecular formula is C18H19FN6O. The number of nitrogens with zero attached hydrogens (tertiary/aromatic N) is 3. The Morgan fingerprint density at radius 3 is 2.65 bits per heavy atom. The highest BCUT2D eigenvalue weighted by Crippen LogP contribution is 2.43. The lowest BCUT2D eigenvalue weighted by Gasteiger charge is -2.41. The average Bonchev–Trinajstić information content (AvgIpc) is 2.95. The third kappa shape index (κ3) is 2.77. The van der Waals surface area contributed by atoms with E-state index in [-0.39, 0.29) is 16.8 Å². The Morgan fingerprint density at radius 2 is 2.08 bits per heavy atom. The summed E-state index contributed by atoms with van der Waals surface area (Å²) in [5.74, 6) is 0.342. The lowest BCUT2D eigenvalue weighted by Crippen LogP contribution is -2.42. The Kier molecular flexibility index (Phi) is 4.02. The van der Waals surface area contributed by atoms with E-state index in [9.17, 15) is 9.18 Å². The lowest BCUT2D eigenvalue weighted by molar-refractivity contribution is 0.243. The van der Waals surface area contributed by atoms with Crippen molar-refractivity contribution in [3.8, 4) is 11.4 Å². The van der Waals surface area contributed by atoms with Gasteiger partial charge in [-0.15, -0.1) is 10.2 Å². The minimum atomic E-state index is -0.297. The first-order valence-electron chi connectivity index (χ1n) is 8.55. The third-order valence-corrected chi connectivity index (χ3v) is 5.12. The van der Waals surface area contributed by atoms with Crippen LogP contribution in [0.3, 0.4) is 0 Å². The topological polar surface area (TPSA) is 99.3 Å². The predicted octanol–water partition coefficient (Wildman–Crippen LogP) is 2.54. The van der Waals surface area contributed by atoms with Gasteiger partial charge in [-0.05, 0) is 44.0 Å². The molecular weight excluding hydrogens is 335 g/mol. The van der Waals surface area contributed by atoms with Gasteiger partial charge in [-0.1, -0.05) is 6.42 Å². The molecule has 3 aromatic rings. The number of H-pyrrole nitrogens is 2.